The number of esters is 1. The number of ketones is 1. The number of carbonyl (C=O) groups excluding carboxylic acids is 2. The van der Waals surface area contributed by atoms with Crippen LogP contribution in [0.2, 0.25) is 0 Å². The van der Waals surface area contributed by atoms with Gasteiger partial charge in [-0.15, -0.1) is 11.3 Å². The molecule has 28 heavy (non-hydrogen) atoms. The maximum atomic E-state index is 12.9. The van der Waals surface area contributed by atoms with Crippen molar-refractivity contribution in [3.05, 3.63) is 61.4 Å². The molecule has 1 aromatic carbocycles. The monoisotopic (exact) mass is 462 g/mol. The van der Waals surface area contributed by atoms with Crippen LogP contribution in [0.4, 0.5) is 0 Å². The van der Waals surface area contributed by atoms with Crippen LogP contribution in [-0.2, 0) is 11.3 Å². The molecule has 146 valence electrons. The van der Waals surface area contributed by atoms with E-state index in [1.165, 1.54) is 10.9 Å². The molecule has 3 rings (SSSR count). The molecule has 0 aliphatic heterocycles. The van der Waals surface area contributed by atoms with E-state index in [0.717, 1.165) is 15.8 Å². The fraction of sp³-hybridized carbons (Fsp3) is 0.300. The molecule has 0 saturated carbocycles. The Hall–Kier alpha value is -2.32. The van der Waals surface area contributed by atoms with E-state index in [9.17, 15) is 14.4 Å². The maximum absolute atomic E-state index is 12.9. The zero-order valence-electron chi connectivity index (χ0n) is 15.7. The molecule has 0 spiro atoms. The second kappa shape index (κ2) is 8.36. The quantitative estimate of drug-likeness (QED) is 0.404. The first-order chi connectivity index (χ1) is 13.3. The largest absolute Gasteiger partial charge is 0.461 e. The first-order valence-corrected chi connectivity index (χ1v) is 10.3. The van der Waals surface area contributed by atoms with Crippen LogP contribution in [0, 0.1) is 12.8 Å². The molecule has 0 N–H and O–H groups in total. The Balaban J connectivity index is 1.91. The first kappa shape index (κ1) is 20.4. The van der Waals surface area contributed by atoms with Gasteiger partial charge in [-0.2, -0.15) is 0 Å². The standard InChI is InChI=1S/C20H19BrN2O4S/c1-11(2)9-27-20(26)17-12(3)16-18(28-17)22-10-23(19(16)25)8-15(24)13-4-6-14(21)7-5-13/h4-7,10-11H,8-9H2,1-3H3. The molecular formula is C20H19BrN2O4S. The van der Waals surface area contributed by atoms with E-state index in [4.69, 9.17) is 4.74 Å². The molecular weight excluding hydrogens is 444 g/mol. The van der Waals surface area contributed by atoms with Gasteiger partial charge in [0.2, 0.25) is 0 Å². The molecule has 2 aromatic heterocycles. The lowest BCUT2D eigenvalue weighted by molar-refractivity contribution is 0.0464. The van der Waals surface area contributed by atoms with Gasteiger partial charge in [0.25, 0.3) is 5.56 Å². The molecule has 0 bridgehead atoms. The van der Waals surface area contributed by atoms with Crippen molar-refractivity contribution in [2.24, 2.45) is 5.92 Å². The third-order valence-electron chi connectivity index (χ3n) is 4.13. The van der Waals surface area contributed by atoms with Crippen molar-refractivity contribution in [3.8, 4) is 0 Å². The van der Waals surface area contributed by atoms with Crippen LogP contribution in [0.1, 0.15) is 39.4 Å². The number of carbonyl (C=O) groups is 2. The van der Waals surface area contributed by atoms with Gasteiger partial charge in [-0.3, -0.25) is 14.2 Å². The fourth-order valence-corrected chi connectivity index (χ4v) is 3.95. The predicted molar refractivity (Wildman–Crippen MR) is 112 cm³/mol. The Morgan fingerprint density at radius 1 is 1.25 bits per heavy atom. The molecule has 3 aromatic rings. The summed E-state index contributed by atoms with van der Waals surface area (Å²) in [7, 11) is 0. The Bertz CT molecular complexity index is 1100. The third-order valence-corrected chi connectivity index (χ3v) is 5.84. The van der Waals surface area contributed by atoms with Crippen molar-refractivity contribution in [1.82, 2.24) is 9.55 Å². The third kappa shape index (κ3) is 4.23. The van der Waals surface area contributed by atoms with Crippen LogP contribution < -0.4 is 5.56 Å². The minimum atomic E-state index is -0.453. The Morgan fingerprint density at radius 3 is 2.57 bits per heavy atom. The highest BCUT2D eigenvalue weighted by molar-refractivity contribution is 9.10. The Labute approximate surface area is 174 Å². The van der Waals surface area contributed by atoms with Gasteiger partial charge >= 0.3 is 5.97 Å². The summed E-state index contributed by atoms with van der Waals surface area (Å²) in [6, 6.07) is 6.94. The molecule has 0 aliphatic carbocycles. The van der Waals surface area contributed by atoms with E-state index in [0.29, 0.717) is 32.8 Å². The van der Waals surface area contributed by atoms with Crippen molar-refractivity contribution in [2.45, 2.75) is 27.3 Å². The van der Waals surface area contributed by atoms with Gasteiger partial charge < -0.3 is 4.74 Å². The SMILES string of the molecule is Cc1c(C(=O)OCC(C)C)sc2ncn(CC(=O)c3ccc(Br)cc3)c(=O)c12. The summed E-state index contributed by atoms with van der Waals surface area (Å²) >= 11 is 4.46. The minimum absolute atomic E-state index is 0.119. The van der Waals surface area contributed by atoms with Crippen LogP contribution in [-0.4, -0.2) is 27.9 Å². The molecule has 0 aliphatic rings. The lowest BCUT2D eigenvalue weighted by atomic mass is 10.1. The highest BCUT2D eigenvalue weighted by atomic mass is 79.9. The molecule has 6 nitrogen and oxygen atoms in total. The number of halogens is 1. The summed E-state index contributed by atoms with van der Waals surface area (Å²) in [6.07, 6.45) is 1.35. The minimum Gasteiger partial charge on any atom is -0.461 e. The summed E-state index contributed by atoms with van der Waals surface area (Å²) < 4.78 is 7.42. The molecule has 0 amide bonds. The number of benzene rings is 1. The van der Waals surface area contributed by atoms with Crippen LogP contribution >= 0.6 is 27.3 Å². The number of thiophene rings is 1. The lowest BCUT2D eigenvalue weighted by Crippen LogP contribution is -2.24. The fourth-order valence-electron chi connectivity index (χ4n) is 2.66. The molecule has 0 fully saturated rings. The number of nitrogens with zero attached hydrogens (tertiary/aromatic N) is 2. The summed E-state index contributed by atoms with van der Waals surface area (Å²) in [5.74, 6) is -0.426. The second-order valence-electron chi connectivity index (χ2n) is 6.84. The summed E-state index contributed by atoms with van der Waals surface area (Å²) in [5, 5.41) is 0.354. The van der Waals surface area contributed by atoms with Crippen molar-refractivity contribution >= 4 is 49.2 Å². The number of aryl methyl sites for hydroxylation is 1. The van der Waals surface area contributed by atoms with Gasteiger partial charge in [0.05, 0.1) is 24.9 Å². The number of hydrogen-bond acceptors (Lipinski definition) is 6. The number of fused-ring (bicyclic) bond motifs is 1. The van der Waals surface area contributed by atoms with E-state index < -0.39 is 5.97 Å². The average Bonchev–Trinajstić information content (AvgIpc) is 3.00. The second-order valence-corrected chi connectivity index (χ2v) is 8.75. The van der Waals surface area contributed by atoms with Gasteiger partial charge in [-0.25, -0.2) is 9.78 Å². The van der Waals surface area contributed by atoms with Crippen LogP contribution in [0.3, 0.4) is 0 Å². The van der Waals surface area contributed by atoms with Crippen LogP contribution in [0.15, 0.2) is 39.9 Å². The van der Waals surface area contributed by atoms with Gasteiger partial charge in [0, 0.05) is 10.0 Å². The van der Waals surface area contributed by atoms with Gasteiger partial charge in [-0.1, -0.05) is 41.9 Å². The van der Waals surface area contributed by atoms with E-state index in [-0.39, 0.29) is 23.8 Å². The number of ether oxygens (including phenoxy) is 1. The molecule has 8 heteroatoms. The molecule has 0 unspecified atom stereocenters. The molecule has 0 atom stereocenters. The highest BCUT2D eigenvalue weighted by Gasteiger charge is 2.21. The smallest absolute Gasteiger partial charge is 0.348 e. The lowest BCUT2D eigenvalue weighted by Gasteiger charge is -2.06. The van der Waals surface area contributed by atoms with Crippen molar-refractivity contribution in [1.29, 1.82) is 0 Å². The van der Waals surface area contributed by atoms with Gasteiger partial charge in [0.15, 0.2) is 5.78 Å². The summed E-state index contributed by atoms with van der Waals surface area (Å²) in [6.45, 7) is 5.80. The van der Waals surface area contributed by atoms with Crippen LogP contribution in [0.5, 0.6) is 0 Å². The summed E-state index contributed by atoms with van der Waals surface area (Å²) in [5.41, 5.74) is 0.707. The van der Waals surface area contributed by atoms with E-state index >= 15 is 0 Å². The first-order valence-electron chi connectivity index (χ1n) is 8.72. The normalized spacial score (nSPS) is 11.2. The topological polar surface area (TPSA) is 78.3 Å². The molecule has 0 radical (unpaired) electrons. The number of hydrogen-bond donors (Lipinski definition) is 0. The summed E-state index contributed by atoms with van der Waals surface area (Å²) in [4.78, 5) is 42.8. The number of Topliss-reactive ketones (excluding diaryl/α,β-unsaturated/α-hetero) is 1. The van der Waals surface area contributed by atoms with E-state index in [1.807, 2.05) is 13.8 Å². The van der Waals surface area contributed by atoms with Crippen molar-refractivity contribution < 1.29 is 14.3 Å². The maximum Gasteiger partial charge on any atom is 0.348 e. The van der Waals surface area contributed by atoms with Crippen molar-refractivity contribution in [3.63, 3.8) is 0 Å². The van der Waals surface area contributed by atoms with Gasteiger partial charge in [-0.05, 0) is 30.5 Å². The highest BCUT2D eigenvalue weighted by Crippen LogP contribution is 2.27. The number of rotatable bonds is 6. The molecule has 2 heterocycles. The Kier molecular flexibility index (Phi) is 6.10. The van der Waals surface area contributed by atoms with Gasteiger partial charge in [0.1, 0.15) is 9.71 Å². The van der Waals surface area contributed by atoms with Crippen LogP contribution in [0.25, 0.3) is 10.2 Å². The predicted octanol–water partition coefficient (Wildman–Crippen LogP) is 4.22. The zero-order valence-corrected chi connectivity index (χ0v) is 18.1. The average molecular weight is 463 g/mol. The number of aromatic nitrogens is 2. The zero-order chi connectivity index (χ0) is 20.4. The molecule has 0 saturated heterocycles. The van der Waals surface area contributed by atoms with E-state index in [1.54, 1.807) is 31.2 Å². The Morgan fingerprint density at radius 2 is 1.93 bits per heavy atom. The van der Waals surface area contributed by atoms with Crippen molar-refractivity contribution in [2.75, 3.05) is 6.61 Å². The van der Waals surface area contributed by atoms with E-state index in [2.05, 4.69) is 20.9 Å².